The zero-order valence-corrected chi connectivity index (χ0v) is 32.8. The van der Waals surface area contributed by atoms with Crippen molar-refractivity contribution in [2.75, 3.05) is 26.2 Å². The molecule has 2 heterocycles. The number of carbonyl (C=O) groups excluding carboxylic acids is 2. The zero-order chi connectivity index (χ0) is 38.1. The molecule has 3 N–H and O–H groups in total. The first-order valence-corrected chi connectivity index (χ1v) is 21.0. The highest BCUT2D eigenvalue weighted by Gasteiger charge is 2.41. The van der Waals surface area contributed by atoms with E-state index in [0.717, 1.165) is 41.9 Å². The molecular weight excluding hydrogens is 713 g/mol. The molecule has 14 heteroatoms. The molecule has 0 bridgehead atoms. The van der Waals surface area contributed by atoms with E-state index in [2.05, 4.69) is 24.3 Å². The second kappa shape index (κ2) is 18.5. The van der Waals surface area contributed by atoms with E-state index < -0.39 is 28.2 Å². The monoisotopic (exact) mass is 766 g/mol. The fraction of sp³-hybridized carbons (Fsp3) is 0.538. The molecule has 0 spiro atoms. The van der Waals surface area contributed by atoms with Crippen LogP contribution in [0, 0.1) is 11.8 Å². The molecule has 5 rings (SSSR count). The van der Waals surface area contributed by atoms with Crippen LogP contribution in [-0.4, -0.2) is 100 Å². The second-order valence-electron chi connectivity index (χ2n) is 14.7. The van der Waals surface area contributed by atoms with Crippen molar-refractivity contribution < 1.29 is 28.3 Å². The largest absolute Gasteiger partial charge is 0.411 e. The zero-order valence-electron chi connectivity index (χ0n) is 31.2. The average Bonchev–Trinajstić information content (AvgIpc) is 3.92. The molecule has 3 amide bonds. The van der Waals surface area contributed by atoms with Gasteiger partial charge in [0.25, 0.3) is 0 Å². The maximum Gasteiger partial charge on any atom is 0.321 e. The van der Waals surface area contributed by atoms with E-state index in [4.69, 9.17) is 10.2 Å². The van der Waals surface area contributed by atoms with Crippen molar-refractivity contribution in [3.63, 3.8) is 0 Å². The molecule has 2 aliphatic rings. The Morgan fingerprint density at radius 1 is 1.09 bits per heavy atom. The van der Waals surface area contributed by atoms with Gasteiger partial charge in [0.15, 0.2) is 0 Å². The summed E-state index contributed by atoms with van der Waals surface area (Å²) in [7, 11) is -4.05. The number of hydrogen-bond acceptors (Lipinski definition) is 9. The Labute approximate surface area is 318 Å². The van der Waals surface area contributed by atoms with Gasteiger partial charge in [0, 0.05) is 37.5 Å². The van der Waals surface area contributed by atoms with E-state index in [0.29, 0.717) is 37.5 Å². The lowest BCUT2D eigenvalue weighted by atomic mass is 9.95. The number of sulfonamides is 1. The minimum Gasteiger partial charge on any atom is -0.411 e. The number of carbonyl (C=O) groups is 2. The van der Waals surface area contributed by atoms with E-state index in [9.17, 15) is 23.1 Å². The fourth-order valence-corrected chi connectivity index (χ4v) is 9.60. The van der Waals surface area contributed by atoms with Crippen molar-refractivity contribution in [1.82, 2.24) is 24.4 Å². The van der Waals surface area contributed by atoms with Crippen LogP contribution < -0.4 is 5.32 Å². The molecule has 0 unspecified atom stereocenters. The van der Waals surface area contributed by atoms with Gasteiger partial charge in [-0.25, -0.2) is 18.2 Å². The maximum atomic E-state index is 14.4. The number of rotatable bonds is 18. The molecule has 53 heavy (non-hydrogen) atoms. The highest BCUT2D eigenvalue weighted by Crippen LogP contribution is 2.29. The van der Waals surface area contributed by atoms with Gasteiger partial charge in [-0.15, -0.1) is 11.3 Å². The maximum absolute atomic E-state index is 14.4. The van der Waals surface area contributed by atoms with Gasteiger partial charge in [-0.2, -0.15) is 4.31 Å². The molecule has 0 radical (unpaired) electrons. The highest BCUT2D eigenvalue weighted by molar-refractivity contribution is 7.89. The topological polar surface area (TPSA) is 156 Å². The molecule has 1 aliphatic heterocycles. The average molecular weight is 767 g/mol. The fourth-order valence-electron chi connectivity index (χ4n) is 7.24. The number of aliphatic hydroxyl groups is 1. The Morgan fingerprint density at radius 2 is 1.79 bits per heavy atom. The molecule has 2 aromatic carbocycles. The summed E-state index contributed by atoms with van der Waals surface area (Å²) in [5.74, 6) is -0.110. The summed E-state index contributed by atoms with van der Waals surface area (Å²) < 4.78 is 29.7. The SMILES string of the molecule is CC[C@H](C)[C@@H](C(=O)N[C@@H](Cc1ccccc1)[C@@H](O)CN(CC1CCCC1)S(=O)(=O)c1ccc(C=NO)cc1)N1CCN(Cc2csc(C(C)C)n2)C1=O. The third-order valence-corrected chi connectivity index (χ3v) is 13.5. The smallest absolute Gasteiger partial charge is 0.321 e. The van der Waals surface area contributed by atoms with Gasteiger partial charge in [0.1, 0.15) is 6.04 Å². The number of nitrogens with zero attached hydrogens (tertiary/aromatic N) is 5. The Morgan fingerprint density at radius 3 is 2.42 bits per heavy atom. The van der Waals surface area contributed by atoms with Crippen molar-refractivity contribution in [3.05, 3.63) is 81.8 Å². The summed E-state index contributed by atoms with van der Waals surface area (Å²) in [6, 6.07) is 13.7. The lowest BCUT2D eigenvalue weighted by Gasteiger charge is -2.35. The summed E-state index contributed by atoms with van der Waals surface area (Å²) in [5, 5.41) is 30.0. The number of nitrogens with one attached hydrogen (secondary N) is 1. The Bertz CT molecular complexity index is 1780. The van der Waals surface area contributed by atoms with Crippen LogP contribution in [0.3, 0.4) is 0 Å². The van der Waals surface area contributed by atoms with Gasteiger partial charge < -0.3 is 25.4 Å². The van der Waals surface area contributed by atoms with Crippen LogP contribution in [0.15, 0.2) is 70.0 Å². The third kappa shape index (κ3) is 10.2. The number of urea groups is 1. The van der Waals surface area contributed by atoms with Gasteiger partial charge >= 0.3 is 6.03 Å². The first kappa shape index (κ1) is 40.3. The van der Waals surface area contributed by atoms with Crippen LogP contribution in [0.5, 0.6) is 0 Å². The first-order valence-electron chi connectivity index (χ1n) is 18.7. The summed E-state index contributed by atoms with van der Waals surface area (Å²) >= 11 is 1.58. The van der Waals surface area contributed by atoms with Gasteiger partial charge in [-0.1, -0.05) is 94.6 Å². The van der Waals surface area contributed by atoms with Gasteiger partial charge in [0.2, 0.25) is 15.9 Å². The molecule has 1 aromatic heterocycles. The molecule has 1 aliphatic carbocycles. The normalized spacial score (nSPS) is 18.0. The lowest BCUT2D eigenvalue weighted by Crippen LogP contribution is -2.57. The van der Waals surface area contributed by atoms with E-state index in [1.54, 1.807) is 33.3 Å². The molecular formula is C39H54N6O6S2. The molecule has 3 aromatic rings. The molecule has 1 saturated heterocycles. The van der Waals surface area contributed by atoms with Gasteiger partial charge in [0.05, 0.1) is 40.5 Å². The Balaban J connectivity index is 1.38. The van der Waals surface area contributed by atoms with Gasteiger partial charge in [-0.3, -0.25) is 4.79 Å². The minimum atomic E-state index is -4.05. The predicted molar refractivity (Wildman–Crippen MR) is 207 cm³/mol. The van der Waals surface area contributed by atoms with Crippen LogP contribution >= 0.6 is 11.3 Å². The van der Waals surface area contributed by atoms with Gasteiger partial charge in [-0.05, 0) is 54.4 Å². The minimum absolute atomic E-state index is 0.0634. The van der Waals surface area contributed by atoms with Crippen molar-refractivity contribution in [2.24, 2.45) is 17.0 Å². The molecule has 288 valence electrons. The van der Waals surface area contributed by atoms with Crippen molar-refractivity contribution >= 4 is 39.5 Å². The molecule has 1 saturated carbocycles. The van der Waals surface area contributed by atoms with E-state index in [1.165, 1.54) is 22.7 Å². The predicted octanol–water partition coefficient (Wildman–Crippen LogP) is 5.70. The molecule has 4 atom stereocenters. The quantitative estimate of drug-likeness (QED) is 0.0853. The number of hydrogen-bond donors (Lipinski definition) is 3. The number of amides is 3. The van der Waals surface area contributed by atoms with Crippen LogP contribution in [0.25, 0.3) is 0 Å². The Hall–Kier alpha value is -3.85. The van der Waals surface area contributed by atoms with E-state index in [1.807, 2.05) is 49.6 Å². The second-order valence-corrected chi connectivity index (χ2v) is 17.5. The third-order valence-electron chi connectivity index (χ3n) is 10.5. The molecule has 12 nitrogen and oxygen atoms in total. The number of benzene rings is 2. The summed E-state index contributed by atoms with van der Waals surface area (Å²) in [4.78, 5) is 36.4. The van der Waals surface area contributed by atoms with Crippen LogP contribution in [0.1, 0.15) is 87.5 Å². The Kier molecular flexibility index (Phi) is 14.0. The summed E-state index contributed by atoms with van der Waals surface area (Å²) in [6.07, 6.45) is 4.71. The number of oxime groups is 1. The van der Waals surface area contributed by atoms with E-state index in [-0.39, 0.29) is 48.2 Å². The number of thiazole rings is 1. The van der Waals surface area contributed by atoms with Crippen LogP contribution in [0.4, 0.5) is 4.79 Å². The van der Waals surface area contributed by atoms with E-state index >= 15 is 0 Å². The van der Waals surface area contributed by atoms with Crippen molar-refractivity contribution in [2.45, 2.75) is 102 Å². The summed E-state index contributed by atoms with van der Waals surface area (Å²) in [5.41, 5.74) is 2.24. The summed E-state index contributed by atoms with van der Waals surface area (Å²) in [6.45, 7) is 9.34. The standard InChI is InChI=1S/C39H54N6O6S2/c1-5-28(4)36(45-20-19-43(39(45)48)24-32-26-52-38(41-32)27(2)3)37(47)42-34(21-29-11-7-6-8-12-29)35(46)25-44(23-31-13-9-10-14-31)53(50,51)33-17-15-30(16-18-33)22-40-49/h6-8,11-12,15-18,22,26-28,31,34-36,46,49H,5,9-10,13-14,19-21,23-25H2,1-4H3,(H,42,47)/t28-,34-,35-,36-/m0/s1. The van der Waals surface area contributed by atoms with Crippen LogP contribution in [0.2, 0.25) is 0 Å². The van der Waals surface area contributed by atoms with Crippen LogP contribution in [-0.2, 0) is 27.8 Å². The lowest BCUT2D eigenvalue weighted by molar-refractivity contribution is -0.128. The first-order chi connectivity index (χ1) is 25.4. The number of aliphatic hydroxyl groups excluding tert-OH is 1. The van der Waals surface area contributed by atoms with Crippen molar-refractivity contribution in [1.29, 1.82) is 0 Å². The number of aromatic nitrogens is 1. The highest BCUT2D eigenvalue weighted by atomic mass is 32.2. The van der Waals surface area contributed by atoms with Crippen molar-refractivity contribution in [3.8, 4) is 0 Å². The molecule has 2 fully saturated rings.